The van der Waals surface area contributed by atoms with Crippen molar-refractivity contribution < 1.29 is 14.3 Å². The molecule has 1 unspecified atom stereocenters. The highest BCUT2D eigenvalue weighted by atomic mass is 35.5. The molecule has 2 aromatic heterocycles. The van der Waals surface area contributed by atoms with Crippen LogP contribution in [0.2, 0.25) is 5.15 Å². The van der Waals surface area contributed by atoms with Crippen LogP contribution in [0.15, 0.2) is 34.5 Å². The highest BCUT2D eigenvalue weighted by Crippen LogP contribution is 2.22. The molecule has 1 atom stereocenters. The quantitative estimate of drug-likeness (QED) is 0.557. The first-order chi connectivity index (χ1) is 13.1. The Kier molecular flexibility index (Phi) is 5.33. The highest BCUT2D eigenvalue weighted by Gasteiger charge is 2.29. The van der Waals surface area contributed by atoms with E-state index in [4.69, 9.17) is 21.1 Å². The van der Waals surface area contributed by atoms with Gasteiger partial charge in [0.1, 0.15) is 18.3 Å². The van der Waals surface area contributed by atoms with Crippen LogP contribution in [-0.4, -0.2) is 63.5 Å². The monoisotopic (exact) mass is 408 g/mol. The van der Waals surface area contributed by atoms with Crippen molar-refractivity contribution in [3.63, 3.8) is 0 Å². The van der Waals surface area contributed by atoms with Crippen molar-refractivity contribution in [1.82, 2.24) is 19.4 Å². The molecule has 4 rings (SSSR count). The van der Waals surface area contributed by atoms with Crippen LogP contribution in [0, 0.1) is 0 Å². The lowest BCUT2D eigenvalue weighted by Gasteiger charge is -2.32. The minimum absolute atomic E-state index is 0.0955. The SMILES string of the molecule is O=C(c1cnc2n(c1=O)CCS2)N1CCOC(COc2cccnc2Cl)C1. The fourth-order valence-electron chi connectivity index (χ4n) is 3.00. The zero-order valence-corrected chi connectivity index (χ0v) is 15.9. The number of morpholine rings is 1. The van der Waals surface area contributed by atoms with Gasteiger partial charge < -0.3 is 14.4 Å². The number of thioether (sulfide) groups is 1. The van der Waals surface area contributed by atoms with Crippen molar-refractivity contribution in [1.29, 1.82) is 0 Å². The Bertz CT molecular complexity index is 922. The lowest BCUT2D eigenvalue weighted by atomic mass is 10.2. The van der Waals surface area contributed by atoms with Crippen molar-refractivity contribution >= 4 is 29.3 Å². The number of carbonyl (C=O) groups is 1. The molecule has 0 saturated carbocycles. The van der Waals surface area contributed by atoms with Crippen molar-refractivity contribution in [2.45, 2.75) is 17.8 Å². The van der Waals surface area contributed by atoms with Gasteiger partial charge >= 0.3 is 0 Å². The van der Waals surface area contributed by atoms with Crippen LogP contribution in [0.25, 0.3) is 0 Å². The number of halogens is 1. The third-order valence-corrected chi connectivity index (χ3v) is 5.62. The van der Waals surface area contributed by atoms with E-state index >= 15 is 0 Å². The molecule has 1 amide bonds. The number of pyridine rings is 1. The Balaban J connectivity index is 1.43. The number of hydrogen-bond acceptors (Lipinski definition) is 7. The number of carbonyl (C=O) groups excluding carboxylic acids is 1. The summed E-state index contributed by atoms with van der Waals surface area (Å²) in [6, 6.07) is 3.45. The van der Waals surface area contributed by atoms with Gasteiger partial charge in [-0.2, -0.15) is 0 Å². The zero-order chi connectivity index (χ0) is 18.8. The van der Waals surface area contributed by atoms with Gasteiger partial charge in [0, 0.05) is 31.2 Å². The van der Waals surface area contributed by atoms with Crippen molar-refractivity contribution in [2.24, 2.45) is 0 Å². The summed E-state index contributed by atoms with van der Waals surface area (Å²) in [5.41, 5.74) is -0.186. The molecule has 1 fully saturated rings. The maximum atomic E-state index is 12.8. The molecule has 0 N–H and O–H groups in total. The van der Waals surface area contributed by atoms with Gasteiger partial charge in [0.15, 0.2) is 16.1 Å². The molecule has 27 heavy (non-hydrogen) atoms. The molecule has 2 aliphatic heterocycles. The standard InChI is InChI=1S/C17H17ClN4O4S/c18-14-13(2-1-3-19-14)26-10-11-9-21(4-6-25-11)15(23)12-8-20-17-22(16(12)24)5-7-27-17/h1-3,8,11H,4-7,9-10H2. The third kappa shape index (κ3) is 3.80. The molecule has 4 heterocycles. The highest BCUT2D eigenvalue weighted by molar-refractivity contribution is 7.99. The number of hydrogen-bond donors (Lipinski definition) is 0. The molecule has 0 aliphatic carbocycles. The first-order valence-corrected chi connectivity index (χ1v) is 9.86. The van der Waals surface area contributed by atoms with E-state index in [1.165, 1.54) is 18.0 Å². The third-order valence-electron chi connectivity index (χ3n) is 4.36. The second-order valence-corrected chi connectivity index (χ2v) is 7.53. The van der Waals surface area contributed by atoms with E-state index in [-0.39, 0.29) is 34.9 Å². The van der Waals surface area contributed by atoms with E-state index in [0.717, 1.165) is 5.75 Å². The lowest BCUT2D eigenvalue weighted by molar-refractivity contribution is -0.0402. The smallest absolute Gasteiger partial charge is 0.267 e. The van der Waals surface area contributed by atoms with Gasteiger partial charge in [0.05, 0.1) is 13.2 Å². The molecular weight excluding hydrogens is 392 g/mol. The van der Waals surface area contributed by atoms with Crippen LogP contribution in [0.5, 0.6) is 5.75 Å². The number of fused-ring (bicyclic) bond motifs is 1. The van der Waals surface area contributed by atoms with Crippen LogP contribution in [-0.2, 0) is 11.3 Å². The first kappa shape index (κ1) is 18.3. The largest absolute Gasteiger partial charge is 0.488 e. The molecule has 2 aliphatic rings. The van der Waals surface area contributed by atoms with Crippen molar-refractivity contribution in [2.75, 3.05) is 32.1 Å². The molecule has 10 heteroatoms. The molecule has 2 aromatic rings. The van der Waals surface area contributed by atoms with Crippen LogP contribution in [0.4, 0.5) is 0 Å². The number of ether oxygens (including phenoxy) is 2. The van der Waals surface area contributed by atoms with Gasteiger partial charge in [-0.3, -0.25) is 14.2 Å². The molecule has 0 radical (unpaired) electrons. The Morgan fingerprint density at radius 3 is 3.15 bits per heavy atom. The molecule has 0 aromatic carbocycles. The van der Waals surface area contributed by atoms with Crippen LogP contribution in [0.3, 0.4) is 0 Å². The minimum atomic E-state index is -0.326. The molecular formula is C17H17ClN4O4S. The molecule has 0 bridgehead atoms. The number of rotatable bonds is 4. The van der Waals surface area contributed by atoms with Crippen LogP contribution < -0.4 is 10.3 Å². The van der Waals surface area contributed by atoms with E-state index in [1.54, 1.807) is 27.8 Å². The molecule has 0 spiro atoms. The summed E-state index contributed by atoms with van der Waals surface area (Å²) in [6.07, 6.45) is 2.64. The van der Waals surface area contributed by atoms with E-state index < -0.39 is 0 Å². The average Bonchev–Trinajstić information content (AvgIpc) is 3.17. The van der Waals surface area contributed by atoms with E-state index in [0.29, 0.717) is 37.1 Å². The number of aromatic nitrogens is 3. The summed E-state index contributed by atoms with van der Waals surface area (Å²) in [5, 5.41) is 0.939. The summed E-state index contributed by atoms with van der Waals surface area (Å²) < 4.78 is 12.9. The molecule has 8 nitrogen and oxygen atoms in total. The lowest BCUT2D eigenvalue weighted by Crippen LogP contribution is -2.49. The summed E-state index contributed by atoms with van der Waals surface area (Å²) in [7, 11) is 0. The average molecular weight is 409 g/mol. The predicted octanol–water partition coefficient (Wildman–Crippen LogP) is 1.32. The topological polar surface area (TPSA) is 86.6 Å². The number of nitrogens with zero attached hydrogens (tertiary/aromatic N) is 4. The Morgan fingerprint density at radius 1 is 1.41 bits per heavy atom. The maximum Gasteiger partial charge on any atom is 0.267 e. The Hall–Kier alpha value is -2.10. The van der Waals surface area contributed by atoms with Gasteiger partial charge in [-0.05, 0) is 12.1 Å². The molecule has 142 valence electrons. The van der Waals surface area contributed by atoms with Gasteiger partial charge in [0.2, 0.25) is 0 Å². The predicted molar refractivity (Wildman–Crippen MR) is 99.6 cm³/mol. The fourth-order valence-corrected chi connectivity index (χ4v) is 4.09. The van der Waals surface area contributed by atoms with Crippen LogP contribution >= 0.6 is 23.4 Å². The maximum absolute atomic E-state index is 12.8. The first-order valence-electron chi connectivity index (χ1n) is 8.50. The minimum Gasteiger partial charge on any atom is -0.488 e. The Labute approximate surface area is 164 Å². The van der Waals surface area contributed by atoms with Gasteiger partial charge in [-0.1, -0.05) is 23.4 Å². The van der Waals surface area contributed by atoms with Gasteiger partial charge in [-0.15, -0.1) is 0 Å². The second-order valence-electron chi connectivity index (χ2n) is 6.11. The Morgan fingerprint density at radius 2 is 2.30 bits per heavy atom. The fraction of sp³-hybridized carbons (Fsp3) is 0.412. The second kappa shape index (κ2) is 7.87. The summed E-state index contributed by atoms with van der Waals surface area (Å²) >= 11 is 7.50. The van der Waals surface area contributed by atoms with Crippen molar-refractivity contribution in [3.05, 3.63) is 45.6 Å². The summed E-state index contributed by atoms with van der Waals surface area (Å²) in [4.78, 5) is 35.2. The van der Waals surface area contributed by atoms with E-state index in [2.05, 4.69) is 9.97 Å². The summed E-state index contributed by atoms with van der Waals surface area (Å²) in [5.74, 6) is 0.936. The normalized spacial score (nSPS) is 19.0. The van der Waals surface area contributed by atoms with Crippen molar-refractivity contribution in [3.8, 4) is 5.75 Å². The summed E-state index contributed by atoms with van der Waals surface area (Å²) in [6.45, 7) is 1.92. The van der Waals surface area contributed by atoms with E-state index in [9.17, 15) is 9.59 Å². The van der Waals surface area contributed by atoms with E-state index in [1.807, 2.05) is 0 Å². The van der Waals surface area contributed by atoms with Gasteiger partial charge in [-0.25, -0.2) is 9.97 Å². The zero-order valence-electron chi connectivity index (χ0n) is 14.3. The van der Waals surface area contributed by atoms with Gasteiger partial charge in [0.25, 0.3) is 11.5 Å². The number of amides is 1. The molecule has 1 saturated heterocycles. The van der Waals surface area contributed by atoms with Crippen LogP contribution in [0.1, 0.15) is 10.4 Å².